The van der Waals surface area contributed by atoms with Crippen LogP contribution >= 0.6 is 11.6 Å². The number of nitrogens with zero attached hydrogens (tertiary/aromatic N) is 4. The van der Waals surface area contributed by atoms with Gasteiger partial charge in [-0.3, -0.25) is 9.69 Å². The number of halogens is 1. The highest BCUT2D eigenvalue weighted by Crippen LogP contribution is 2.36. The van der Waals surface area contributed by atoms with E-state index in [-0.39, 0.29) is 40.5 Å². The van der Waals surface area contributed by atoms with Gasteiger partial charge in [0.05, 0.1) is 27.3 Å². The highest BCUT2D eigenvalue weighted by molar-refractivity contribution is 7.90. The minimum atomic E-state index is -3.90. The Labute approximate surface area is 285 Å². The van der Waals surface area contributed by atoms with Gasteiger partial charge in [-0.05, 0) is 71.1 Å². The summed E-state index contributed by atoms with van der Waals surface area (Å²) in [6.07, 6.45) is 5.96. The van der Waals surface area contributed by atoms with Crippen LogP contribution in [-0.4, -0.2) is 75.6 Å². The molecule has 4 aromatic rings. The van der Waals surface area contributed by atoms with Crippen LogP contribution in [0.2, 0.25) is 5.02 Å². The molecule has 1 saturated carbocycles. The van der Waals surface area contributed by atoms with Crippen LogP contribution in [0.3, 0.4) is 0 Å². The summed E-state index contributed by atoms with van der Waals surface area (Å²) >= 11 is 6.63. The summed E-state index contributed by atoms with van der Waals surface area (Å²) < 4.78 is 34.1. The van der Waals surface area contributed by atoms with E-state index in [1.54, 1.807) is 69.4 Å². The molecule has 4 atom stereocenters. The van der Waals surface area contributed by atoms with Crippen molar-refractivity contribution >= 4 is 50.5 Å². The summed E-state index contributed by atoms with van der Waals surface area (Å²) in [4.78, 5) is 37.0. The SMILES string of the molecule is CC(C)(C)OC(=O)N1C[C@@H](N)C[C@H]1C(=O)N[C@H]1CCC[C@@H](Nc2ncc(Cl)c(-c3cn(S(=O)(=O)c4ccccc4)c4ccccc34)n2)C1. The van der Waals surface area contributed by atoms with Gasteiger partial charge in [0, 0.05) is 41.8 Å². The molecule has 0 spiro atoms. The number of benzene rings is 2. The van der Waals surface area contributed by atoms with Gasteiger partial charge in [0.25, 0.3) is 10.0 Å². The summed E-state index contributed by atoms with van der Waals surface area (Å²) in [6, 6.07) is 14.3. The minimum absolute atomic E-state index is 0.0503. The van der Waals surface area contributed by atoms with Crippen LogP contribution in [0.1, 0.15) is 52.9 Å². The molecule has 254 valence electrons. The number of nitrogens with two attached hydrogens (primary N) is 1. The molecule has 14 heteroatoms. The Morgan fingerprint density at radius 2 is 1.73 bits per heavy atom. The van der Waals surface area contributed by atoms with Crippen molar-refractivity contribution in [3.05, 3.63) is 72.0 Å². The lowest BCUT2D eigenvalue weighted by Gasteiger charge is -2.32. The van der Waals surface area contributed by atoms with Crippen molar-refractivity contribution in [2.75, 3.05) is 11.9 Å². The van der Waals surface area contributed by atoms with Crippen LogP contribution in [-0.2, 0) is 19.6 Å². The zero-order valence-electron chi connectivity index (χ0n) is 27.1. The molecule has 2 amide bonds. The Hall–Kier alpha value is -4.20. The molecule has 12 nitrogen and oxygen atoms in total. The van der Waals surface area contributed by atoms with E-state index in [9.17, 15) is 18.0 Å². The molecule has 0 unspecified atom stereocenters. The summed E-state index contributed by atoms with van der Waals surface area (Å²) in [6.45, 7) is 5.61. The van der Waals surface area contributed by atoms with Gasteiger partial charge in [0.1, 0.15) is 11.6 Å². The van der Waals surface area contributed by atoms with E-state index in [1.165, 1.54) is 15.1 Å². The second-order valence-electron chi connectivity index (χ2n) is 13.4. The zero-order valence-corrected chi connectivity index (χ0v) is 28.7. The molecule has 0 radical (unpaired) electrons. The average Bonchev–Trinajstić information content (AvgIpc) is 3.64. The number of amides is 2. The Kier molecular flexibility index (Phi) is 9.38. The number of ether oxygens (including phenoxy) is 1. The van der Waals surface area contributed by atoms with Gasteiger partial charge in [-0.25, -0.2) is 27.2 Å². The predicted octanol–water partition coefficient (Wildman–Crippen LogP) is 5.16. The number of likely N-dealkylation sites (tertiary alicyclic amines) is 1. The van der Waals surface area contributed by atoms with E-state index in [1.807, 2.05) is 12.1 Å². The fourth-order valence-corrected chi connectivity index (χ4v) is 8.02. The van der Waals surface area contributed by atoms with Crippen molar-refractivity contribution in [3.8, 4) is 11.3 Å². The van der Waals surface area contributed by atoms with E-state index in [0.717, 1.165) is 19.3 Å². The zero-order chi connectivity index (χ0) is 34.2. The van der Waals surface area contributed by atoms with Gasteiger partial charge in [-0.1, -0.05) is 48.0 Å². The Morgan fingerprint density at radius 3 is 2.48 bits per heavy atom. The van der Waals surface area contributed by atoms with Crippen molar-refractivity contribution in [1.82, 2.24) is 24.2 Å². The van der Waals surface area contributed by atoms with Crippen molar-refractivity contribution in [2.45, 2.75) is 87.5 Å². The Morgan fingerprint density at radius 1 is 1.02 bits per heavy atom. The summed E-state index contributed by atoms with van der Waals surface area (Å²) in [7, 11) is -3.90. The molecule has 2 fully saturated rings. The van der Waals surface area contributed by atoms with Crippen molar-refractivity contribution < 1.29 is 22.7 Å². The Balaban J connectivity index is 1.19. The van der Waals surface area contributed by atoms with E-state index in [2.05, 4.69) is 15.6 Å². The average molecular weight is 694 g/mol. The summed E-state index contributed by atoms with van der Waals surface area (Å²) in [5.74, 6) is 0.0957. The molecule has 2 aromatic carbocycles. The van der Waals surface area contributed by atoms with Crippen LogP contribution in [0.15, 0.2) is 71.9 Å². The largest absolute Gasteiger partial charge is 0.444 e. The second kappa shape index (κ2) is 13.4. The molecule has 2 aromatic heterocycles. The maximum absolute atomic E-state index is 13.6. The highest BCUT2D eigenvalue weighted by atomic mass is 35.5. The summed E-state index contributed by atoms with van der Waals surface area (Å²) in [5.41, 5.74) is 6.91. The van der Waals surface area contributed by atoms with Gasteiger partial charge in [-0.15, -0.1) is 0 Å². The van der Waals surface area contributed by atoms with Crippen LogP contribution in [0.5, 0.6) is 0 Å². The van der Waals surface area contributed by atoms with Gasteiger partial charge in [0.15, 0.2) is 0 Å². The maximum atomic E-state index is 13.6. The molecule has 0 bridgehead atoms. The molecule has 48 heavy (non-hydrogen) atoms. The first-order valence-corrected chi connectivity index (χ1v) is 17.9. The molecule has 3 heterocycles. The van der Waals surface area contributed by atoms with Crippen molar-refractivity contribution in [1.29, 1.82) is 0 Å². The number of hydrogen-bond acceptors (Lipinski definition) is 9. The van der Waals surface area contributed by atoms with E-state index in [4.69, 9.17) is 27.1 Å². The first-order chi connectivity index (χ1) is 22.8. The second-order valence-corrected chi connectivity index (χ2v) is 15.6. The quantitative estimate of drug-likeness (QED) is 0.237. The molecular formula is C34H40ClN7O5S. The van der Waals surface area contributed by atoms with Crippen LogP contribution in [0.4, 0.5) is 10.7 Å². The lowest BCUT2D eigenvalue weighted by atomic mass is 9.90. The number of rotatable bonds is 7. The number of nitrogens with one attached hydrogen (secondary N) is 2. The lowest BCUT2D eigenvalue weighted by molar-refractivity contribution is -0.126. The third-order valence-corrected chi connectivity index (χ3v) is 10.6. The minimum Gasteiger partial charge on any atom is -0.444 e. The van der Waals surface area contributed by atoms with Crippen LogP contribution in [0, 0.1) is 0 Å². The third-order valence-electron chi connectivity index (χ3n) is 8.60. The van der Waals surface area contributed by atoms with E-state index < -0.39 is 27.8 Å². The van der Waals surface area contributed by atoms with Crippen LogP contribution < -0.4 is 16.4 Å². The number of para-hydroxylation sites is 1. The fraction of sp³-hybridized carbons (Fsp3) is 0.412. The lowest BCUT2D eigenvalue weighted by Crippen LogP contribution is -2.51. The predicted molar refractivity (Wildman–Crippen MR) is 184 cm³/mol. The fourth-order valence-electron chi connectivity index (χ4n) is 6.44. The molecule has 4 N–H and O–H groups in total. The van der Waals surface area contributed by atoms with Crippen LogP contribution in [0.25, 0.3) is 22.2 Å². The molecule has 1 aliphatic heterocycles. The number of carbonyl (C=O) groups is 2. The number of anilines is 1. The first kappa shape index (κ1) is 33.7. The molecule has 6 rings (SSSR count). The van der Waals surface area contributed by atoms with E-state index in [0.29, 0.717) is 41.0 Å². The third kappa shape index (κ3) is 7.13. The van der Waals surface area contributed by atoms with Gasteiger partial charge in [0.2, 0.25) is 11.9 Å². The highest BCUT2D eigenvalue weighted by Gasteiger charge is 2.41. The molecule has 1 aliphatic carbocycles. The van der Waals surface area contributed by atoms with Gasteiger partial charge in [-0.2, -0.15) is 0 Å². The first-order valence-electron chi connectivity index (χ1n) is 16.1. The standard InChI is InChI=1S/C34H40ClN7O5S/c1-34(2,3)47-33(44)41-19-21(36)16-29(41)31(43)38-22-10-9-11-23(17-22)39-32-37-18-27(35)30(40-32)26-20-42(28-15-8-7-14-25(26)28)48(45,46)24-12-5-4-6-13-24/h4-8,12-15,18,20-23,29H,9-11,16-17,19,36H2,1-3H3,(H,38,43)(H,37,39,40)/t21-,22-,23+,29-/m0/s1. The topological polar surface area (TPSA) is 162 Å². The smallest absolute Gasteiger partial charge is 0.411 e. The van der Waals surface area contributed by atoms with Gasteiger partial charge < -0.3 is 21.1 Å². The monoisotopic (exact) mass is 693 g/mol. The number of carbonyl (C=O) groups excluding carboxylic acids is 2. The molecule has 1 saturated heterocycles. The van der Waals surface area contributed by atoms with Crippen molar-refractivity contribution in [3.63, 3.8) is 0 Å². The normalized spacial score (nSPS) is 21.6. The van der Waals surface area contributed by atoms with Crippen molar-refractivity contribution in [2.24, 2.45) is 5.73 Å². The molecular weight excluding hydrogens is 654 g/mol. The summed E-state index contributed by atoms with van der Waals surface area (Å²) in [5, 5.41) is 7.49. The molecule has 2 aliphatic rings. The van der Waals surface area contributed by atoms with E-state index >= 15 is 0 Å². The number of fused-ring (bicyclic) bond motifs is 1. The van der Waals surface area contributed by atoms with Gasteiger partial charge >= 0.3 is 6.09 Å². The number of aromatic nitrogens is 3. The number of hydrogen-bond donors (Lipinski definition) is 3. The maximum Gasteiger partial charge on any atom is 0.411 e. The Bertz CT molecular complexity index is 1930.